The second-order valence-corrected chi connectivity index (χ2v) is 4.43. The number of nitrogens with one attached hydrogen (secondary N) is 1. The van der Waals surface area contributed by atoms with E-state index >= 15 is 0 Å². The van der Waals surface area contributed by atoms with Crippen LogP contribution < -0.4 is 5.32 Å². The molecule has 0 spiro atoms. The highest BCUT2D eigenvalue weighted by atomic mass is 79.9. The van der Waals surface area contributed by atoms with Crippen LogP contribution in [-0.2, 0) is 0 Å². The lowest BCUT2D eigenvalue weighted by molar-refractivity contribution is 0.425. The minimum Gasteiger partial charge on any atom is -0.368 e. The predicted octanol–water partition coefficient (Wildman–Crippen LogP) is 2.13. The lowest BCUT2D eigenvalue weighted by Crippen LogP contribution is -2.21. The molecule has 1 heterocycles. The van der Waals surface area contributed by atoms with Crippen molar-refractivity contribution in [2.24, 2.45) is 0 Å². The molecule has 1 aromatic heterocycles. The zero-order chi connectivity index (χ0) is 10.6. The number of halogens is 1. The van der Waals surface area contributed by atoms with Crippen molar-refractivity contribution >= 4 is 21.7 Å². The zero-order valence-electron chi connectivity index (χ0n) is 8.84. The molecule has 0 atom stereocenters. The Morgan fingerprint density at radius 2 is 2.21 bits per heavy atom. The molecule has 0 fully saturated rings. The Kier molecular flexibility index (Phi) is 4.35. The number of rotatable bonds is 4. The maximum absolute atomic E-state index is 4.30. The molecule has 0 saturated carbocycles. The fraction of sp³-hybridized carbons (Fsp3) is 0.500. The summed E-state index contributed by atoms with van der Waals surface area (Å²) in [5, 5.41) is 3.27. The SMILES string of the molecule is Cc1cnc(NCCN(C)C)c(Br)c1. The third kappa shape index (κ3) is 3.64. The van der Waals surface area contributed by atoms with Crippen molar-refractivity contribution in [1.82, 2.24) is 9.88 Å². The van der Waals surface area contributed by atoms with Gasteiger partial charge in [-0.2, -0.15) is 0 Å². The summed E-state index contributed by atoms with van der Waals surface area (Å²) in [5.74, 6) is 0.914. The predicted molar refractivity (Wildman–Crippen MR) is 63.7 cm³/mol. The number of likely N-dealkylation sites (N-methyl/N-ethyl adjacent to an activating group) is 1. The van der Waals surface area contributed by atoms with Crippen molar-refractivity contribution < 1.29 is 0 Å². The second-order valence-electron chi connectivity index (χ2n) is 3.57. The molecule has 4 heteroatoms. The number of hydrogen-bond donors (Lipinski definition) is 1. The third-order valence-corrected chi connectivity index (χ3v) is 2.43. The molecule has 78 valence electrons. The number of anilines is 1. The van der Waals surface area contributed by atoms with Crippen molar-refractivity contribution in [2.45, 2.75) is 6.92 Å². The molecular formula is C10H16BrN3. The standard InChI is InChI=1S/C10H16BrN3/c1-8-6-9(11)10(13-7-8)12-4-5-14(2)3/h6-7H,4-5H2,1-3H3,(H,12,13). The van der Waals surface area contributed by atoms with E-state index in [2.05, 4.69) is 51.3 Å². The van der Waals surface area contributed by atoms with Gasteiger partial charge in [0.05, 0.1) is 4.47 Å². The van der Waals surface area contributed by atoms with Crippen LogP contribution in [0.25, 0.3) is 0 Å². The topological polar surface area (TPSA) is 28.2 Å². The van der Waals surface area contributed by atoms with Gasteiger partial charge in [0.1, 0.15) is 5.82 Å². The summed E-state index contributed by atoms with van der Waals surface area (Å²) in [5.41, 5.74) is 1.16. The van der Waals surface area contributed by atoms with Crippen LogP contribution in [0.3, 0.4) is 0 Å². The van der Waals surface area contributed by atoms with Crippen molar-refractivity contribution in [3.8, 4) is 0 Å². The molecular weight excluding hydrogens is 242 g/mol. The lowest BCUT2D eigenvalue weighted by atomic mass is 10.3. The first-order valence-corrected chi connectivity index (χ1v) is 5.39. The first kappa shape index (κ1) is 11.5. The van der Waals surface area contributed by atoms with E-state index in [1.54, 1.807) is 0 Å². The van der Waals surface area contributed by atoms with Crippen molar-refractivity contribution in [3.05, 3.63) is 22.3 Å². The van der Waals surface area contributed by atoms with Gasteiger partial charge in [0.25, 0.3) is 0 Å². The van der Waals surface area contributed by atoms with E-state index < -0.39 is 0 Å². The molecule has 1 N–H and O–H groups in total. The highest BCUT2D eigenvalue weighted by Gasteiger charge is 2.00. The zero-order valence-corrected chi connectivity index (χ0v) is 10.4. The van der Waals surface area contributed by atoms with Gasteiger partial charge in [-0.05, 0) is 48.6 Å². The van der Waals surface area contributed by atoms with Crippen LogP contribution in [0.1, 0.15) is 5.56 Å². The molecule has 0 amide bonds. The average Bonchev–Trinajstić information content (AvgIpc) is 2.08. The Labute approximate surface area is 93.7 Å². The van der Waals surface area contributed by atoms with E-state index in [4.69, 9.17) is 0 Å². The van der Waals surface area contributed by atoms with Crippen LogP contribution in [0.15, 0.2) is 16.7 Å². The first-order chi connectivity index (χ1) is 6.59. The highest BCUT2D eigenvalue weighted by Crippen LogP contribution is 2.19. The molecule has 0 aliphatic heterocycles. The number of aromatic nitrogens is 1. The minimum atomic E-state index is 0.904. The molecule has 0 aromatic carbocycles. The van der Waals surface area contributed by atoms with Crippen LogP contribution in [0, 0.1) is 6.92 Å². The van der Waals surface area contributed by atoms with E-state index in [1.807, 2.05) is 13.1 Å². The van der Waals surface area contributed by atoms with Crippen LogP contribution >= 0.6 is 15.9 Å². The third-order valence-electron chi connectivity index (χ3n) is 1.83. The van der Waals surface area contributed by atoms with E-state index in [1.165, 1.54) is 0 Å². The van der Waals surface area contributed by atoms with Crippen molar-refractivity contribution in [2.75, 3.05) is 32.5 Å². The van der Waals surface area contributed by atoms with Crippen LogP contribution in [0.4, 0.5) is 5.82 Å². The molecule has 0 aliphatic carbocycles. The van der Waals surface area contributed by atoms with Crippen molar-refractivity contribution in [3.63, 3.8) is 0 Å². The van der Waals surface area contributed by atoms with Gasteiger partial charge in [-0.1, -0.05) is 0 Å². The molecule has 1 rings (SSSR count). The molecule has 14 heavy (non-hydrogen) atoms. The van der Waals surface area contributed by atoms with Gasteiger partial charge in [-0.15, -0.1) is 0 Å². The van der Waals surface area contributed by atoms with Gasteiger partial charge in [0.15, 0.2) is 0 Å². The molecule has 0 saturated heterocycles. The van der Waals surface area contributed by atoms with Gasteiger partial charge in [-0.25, -0.2) is 4.98 Å². The minimum absolute atomic E-state index is 0.904. The number of nitrogens with zero attached hydrogens (tertiary/aromatic N) is 2. The second kappa shape index (κ2) is 5.32. The van der Waals surface area contributed by atoms with Gasteiger partial charge < -0.3 is 10.2 Å². The number of hydrogen-bond acceptors (Lipinski definition) is 3. The Morgan fingerprint density at radius 1 is 1.50 bits per heavy atom. The fourth-order valence-electron chi connectivity index (χ4n) is 1.06. The molecule has 0 radical (unpaired) electrons. The fourth-order valence-corrected chi connectivity index (χ4v) is 1.67. The molecule has 3 nitrogen and oxygen atoms in total. The van der Waals surface area contributed by atoms with Crippen molar-refractivity contribution in [1.29, 1.82) is 0 Å². The number of aryl methyl sites for hydroxylation is 1. The van der Waals surface area contributed by atoms with E-state index in [0.717, 1.165) is 28.9 Å². The first-order valence-electron chi connectivity index (χ1n) is 4.60. The summed E-state index contributed by atoms with van der Waals surface area (Å²) in [6.07, 6.45) is 1.86. The van der Waals surface area contributed by atoms with Gasteiger partial charge in [-0.3, -0.25) is 0 Å². The molecule has 1 aromatic rings. The smallest absolute Gasteiger partial charge is 0.140 e. The lowest BCUT2D eigenvalue weighted by Gasteiger charge is -2.11. The van der Waals surface area contributed by atoms with Crippen LogP contribution in [0.2, 0.25) is 0 Å². The maximum Gasteiger partial charge on any atom is 0.140 e. The average molecular weight is 258 g/mol. The summed E-state index contributed by atoms with van der Waals surface area (Å²) >= 11 is 3.48. The summed E-state index contributed by atoms with van der Waals surface area (Å²) in [4.78, 5) is 6.43. The largest absolute Gasteiger partial charge is 0.368 e. The Balaban J connectivity index is 2.51. The van der Waals surface area contributed by atoms with E-state index in [9.17, 15) is 0 Å². The van der Waals surface area contributed by atoms with Crippen LogP contribution in [0.5, 0.6) is 0 Å². The Morgan fingerprint density at radius 3 is 2.79 bits per heavy atom. The summed E-state index contributed by atoms with van der Waals surface area (Å²) in [7, 11) is 4.11. The monoisotopic (exact) mass is 257 g/mol. The van der Waals surface area contributed by atoms with Gasteiger partial charge >= 0.3 is 0 Å². The summed E-state index contributed by atoms with van der Waals surface area (Å²) in [6.45, 7) is 3.94. The van der Waals surface area contributed by atoms with Gasteiger partial charge in [0, 0.05) is 19.3 Å². The molecule has 0 aliphatic rings. The van der Waals surface area contributed by atoms with Crippen LogP contribution in [-0.4, -0.2) is 37.1 Å². The molecule has 0 unspecified atom stereocenters. The summed E-state index contributed by atoms with van der Waals surface area (Å²) in [6, 6.07) is 2.06. The van der Waals surface area contributed by atoms with E-state index in [-0.39, 0.29) is 0 Å². The normalized spacial score (nSPS) is 10.6. The highest BCUT2D eigenvalue weighted by molar-refractivity contribution is 9.10. The van der Waals surface area contributed by atoms with E-state index in [0.29, 0.717) is 0 Å². The molecule has 0 bridgehead atoms. The maximum atomic E-state index is 4.30. The Hall–Kier alpha value is -0.610. The Bertz CT molecular complexity index is 299. The number of pyridine rings is 1. The quantitative estimate of drug-likeness (QED) is 0.896. The van der Waals surface area contributed by atoms with Gasteiger partial charge in [0.2, 0.25) is 0 Å². The summed E-state index contributed by atoms with van der Waals surface area (Å²) < 4.78 is 1.02.